The molecule has 2 aromatic heterocycles. The van der Waals surface area contributed by atoms with Gasteiger partial charge in [-0.1, -0.05) is 13.0 Å². The number of aromatic nitrogens is 2. The summed E-state index contributed by atoms with van der Waals surface area (Å²) in [6.07, 6.45) is 6.15. The molecule has 1 aliphatic rings. The zero-order valence-electron chi connectivity index (χ0n) is 15.9. The van der Waals surface area contributed by atoms with Crippen molar-refractivity contribution in [3.63, 3.8) is 0 Å². The van der Waals surface area contributed by atoms with Crippen molar-refractivity contribution < 1.29 is 14.4 Å². The number of hydrogen-bond acceptors (Lipinski definition) is 5. The van der Waals surface area contributed by atoms with Crippen LogP contribution in [0.15, 0.2) is 36.8 Å². The molecule has 0 saturated carbocycles. The van der Waals surface area contributed by atoms with E-state index in [1.807, 2.05) is 19.1 Å². The third-order valence-electron chi connectivity index (χ3n) is 4.87. The summed E-state index contributed by atoms with van der Waals surface area (Å²) in [7, 11) is 0. The average molecular weight is 381 g/mol. The van der Waals surface area contributed by atoms with Gasteiger partial charge in [-0.25, -0.2) is 0 Å². The van der Waals surface area contributed by atoms with Gasteiger partial charge < -0.3 is 16.0 Å². The van der Waals surface area contributed by atoms with Crippen LogP contribution in [0.1, 0.15) is 47.4 Å². The normalized spacial score (nSPS) is 19.1. The average Bonchev–Trinajstić information content (AvgIpc) is 2.68. The maximum absolute atomic E-state index is 12.9. The highest BCUT2D eigenvalue weighted by Crippen LogP contribution is 2.33. The first-order valence-electron chi connectivity index (χ1n) is 9.14. The first-order chi connectivity index (χ1) is 13.3. The predicted octanol–water partition coefficient (Wildman–Crippen LogP) is 1.82. The van der Waals surface area contributed by atoms with Crippen LogP contribution >= 0.6 is 0 Å². The Kier molecular flexibility index (Phi) is 5.67. The lowest BCUT2D eigenvalue weighted by Gasteiger charge is -2.38. The van der Waals surface area contributed by atoms with Gasteiger partial charge in [0.1, 0.15) is 0 Å². The van der Waals surface area contributed by atoms with Gasteiger partial charge in [-0.2, -0.15) is 0 Å². The number of rotatable bonds is 3. The Morgan fingerprint density at radius 1 is 1.18 bits per heavy atom. The Bertz CT molecular complexity index is 897. The summed E-state index contributed by atoms with van der Waals surface area (Å²) in [4.78, 5) is 46.5. The van der Waals surface area contributed by atoms with Crippen molar-refractivity contribution >= 4 is 23.4 Å². The van der Waals surface area contributed by atoms with Gasteiger partial charge >= 0.3 is 11.8 Å². The van der Waals surface area contributed by atoms with E-state index in [4.69, 9.17) is 5.73 Å². The molecule has 2 atom stereocenters. The first kappa shape index (κ1) is 19.5. The van der Waals surface area contributed by atoms with Crippen LogP contribution in [-0.4, -0.2) is 39.1 Å². The van der Waals surface area contributed by atoms with E-state index in [1.54, 1.807) is 11.1 Å². The third-order valence-corrected chi connectivity index (χ3v) is 4.87. The quantitative estimate of drug-likeness (QED) is 0.786. The lowest BCUT2D eigenvalue weighted by atomic mass is 9.90. The van der Waals surface area contributed by atoms with Crippen molar-refractivity contribution in [1.82, 2.24) is 14.9 Å². The van der Waals surface area contributed by atoms with Crippen LogP contribution in [-0.2, 0) is 9.59 Å². The second kappa shape index (κ2) is 8.16. The number of nitrogens with two attached hydrogens (primary N) is 1. The maximum Gasteiger partial charge on any atom is 0.313 e. The van der Waals surface area contributed by atoms with Crippen LogP contribution in [0.2, 0.25) is 0 Å². The molecule has 146 valence electrons. The van der Waals surface area contributed by atoms with E-state index in [9.17, 15) is 14.4 Å². The number of carbonyl (C=O) groups excluding carboxylic acids is 3. The molecule has 0 spiro atoms. The topological polar surface area (TPSA) is 118 Å². The number of anilines is 1. The summed E-state index contributed by atoms with van der Waals surface area (Å²) in [5, 5.41) is 2.51. The molecule has 3 heterocycles. The van der Waals surface area contributed by atoms with Crippen molar-refractivity contribution in [3.8, 4) is 0 Å². The Labute approximate surface area is 163 Å². The minimum Gasteiger partial charge on any atom is -0.366 e. The summed E-state index contributed by atoms with van der Waals surface area (Å²) in [5.41, 5.74) is 7.43. The summed E-state index contributed by atoms with van der Waals surface area (Å²) in [6.45, 7) is 4.45. The van der Waals surface area contributed by atoms with Crippen molar-refractivity contribution in [1.29, 1.82) is 0 Å². The number of amides is 3. The molecule has 0 unspecified atom stereocenters. The minimum atomic E-state index is -0.775. The molecule has 2 aromatic rings. The lowest BCUT2D eigenvalue weighted by molar-refractivity contribution is -0.146. The van der Waals surface area contributed by atoms with Gasteiger partial charge in [-0.05, 0) is 43.4 Å². The second-order valence-electron chi connectivity index (χ2n) is 7.17. The standard InChI is InChI=1S/C20H23N5O3/c1-12-3-6-17(14-5-4-13(2)23-9-14)25(11-12)20(28)19(27)24-16-7-15(18(21)26)8-22-10-16/h4-5,7-10,12,17H,3,6,11H2,1-2H3,(H2,21,26)(H,24,27)/t12-,17+/m0/s1. The summed E-state index contributed by atoms with van der Waals surface area (Å²) >= 11 is 0. The zero-order chi connectivity index (χ0) is 20.3. The van der Waals surface area contributed by atoms with Crippen LogP contribution in [0.25, 0.3) is 0 Å². The fourth-order valence-electron chi connectivity index (χ4n) is 3.36. The van der Waals surface area contributed by atoms with E-state index < -0.39 is 17.7 Å². The number of hydrogen-bond donors (Lipinski definition) is 2. The fourth-order valence-corrected chi connectivity index (χ4v) is 3.36. The molecule has 28 heavy (non-hydrogen) atoms. The van der Waals surface area contributed by atoms with E-state index in [0.717, 1.165) is 24.1 Å². The Morgan fingerprint density at radius 2 is 1.96 bits per heavy atom. The number of piperidine rings is 1. The molecule has 0 aromatic carbocycles. The van der Waals surface area contributed by atoms with Crippen LogP contribution in [0, 0.1) is 12.8 Å². The first-order valence-corrected chi connectivity index (χ1v) is 9.14. The highest BCUT2D eigenvalue weighted by Gasteiger charge is 2.34. The Hall–Kier alpha value is -3.29. The molecule has 1 fully saturated rings. The second-order valence-corrected chi connectivity index (χ2v) is 7.17. The molecule has 3 N–H and O–H groups in total. The van der Waals surface area contributed by atoms with Gasteiger partial charge in [-0.3, -0.25) is 24.4 Å². The monoisotopic (exact) mass is 381 g/mol. The highest BCUT2D eigenvalue weighted by molar-refractivity contribution is 6.39. The largest absolute Gasteiger partial charge is 0.366 e. The summed E-state index contributed by atoms with van der Waals surface area (Å²) in [5.74, 6) is -1.76. The van der Waals surface area contributed by atoms with Gasteiger partial charge in [0.05, 0.1) is 23.5 Å². The van der Waals surface area contributed by atoms with Crippen LogP contribution < -0.4 is 11.1 Å². The van der Waals surface area contributed by atoms with Crippen molar-refractivity contribution in [2.24, 2.45) is 11.7 Å². The van der Waals surface area contributed by atoms with Crippen molar-refractivity contribution in [2.75, 3.05) is 11.9 Å². The Balaban J connectivity index is 1.79. The number of aryl methyl sites for hydroxylation is 1. The van der Waals surface area contributed by atoms with E-state index in [0.29, 0.717) is 12.5 Å². The minimum absolute atomic E-state index is 0.153. The number of nitrogens with zero attached hydrogens (tertiary/aromatic N) is 3. The Morgan fingerprint density at radius 3 is 2.64 bits per heavy atom. The van der Waals surface area contributed by atoms with Crippen LogP contribution in [0.4, 0.5) is 5.69 Å². The van der Waals surface area contributed by atoms with E-state index in [1.165, 1.54) is 18.5 Å². The SMILES string of the molecule is Cc1ccc([C@H]2CC[C@H](C)CN2C(=O)C(=O)Nc2cncc(C(N)=O)c2)cn1. The summed E-state index contributed by atoms with van der Waals surface area (Å²) < 4.78 is 0. The molecule has 3 amide bonds. The lowest BCUT2D eigenvalue weighted by Crippen LogP contribution is -2.46. The van der Waals surface area contributed by atoms with Crippen molar-refractivity contribution in [3.05, 3.63) is 53.6 Å². The van der Waals surface area contributed by atoms with E-state index in [2.05, 4.69) is 22.2 Å². The molecular formula is C20H23N5O3. The van der Waals surface area contributed by atoms with Gasteiger partial charge in [0.15, 0.2) is 0 Å². The number of primary amides is 1. The fraction of sp³-hybridized carbons (Fsp3) is 0.350. The number of nitrogens with one attached hydrogen (secondary N) is 1. The van der Waals surface area contributed by atoms with Gasteiger partial charge in [0.2, 0.25) is 5.91 Å². The molecule has 0 radical (unpaired) electrons. The number of pyridine rings is 2. The van der Waals surface area contributed by atoms with Gasteiger partial charge in [0, 0.05) is 24.6 Å². The highest BCUT2D eigenvalue weighted by atomic mass is 16.2. The van der Waals surface area contributed by atoms with E-state index >= 15 is 0 Å². The van der Waals surface area contributed by atoms with E-state index in [-0.39, 0.29) is 17.3 Å². The molecule has 1 aliphatic heterocycles. The van der Waals surface area contributed by atoms with Gasteiger partial charge in [-0.15, -0.1) is 0 Å². The summed E-state index contributed by atoms with van der Waals surface area (Å²) in [6, 6.07) is 5.04. The molecule has 3 rings (SSSR count). The molecular weight excluding hydrogens is 358 g/mol. The van der Waals surface area contributed by atoms with Crippen LogP contribution in [0.5, 0.6) is 0 Å². The molecule has 8 nitrogen and oxygen atoms in total. The van der Waals surface area contributed by atoms with Gasteiger partial charge in [0.25, 0.3) is 0 Å². The van der Waals surface area contributed by atoms with Crippen LogP contribution in [0.3, 0.4) is 0 Å². The molecule has 1 saturated heterocycles. The molecule has 8 heteroatoms. The maximum atomic E-state index is 12.9. The third kappa shape index (κ3) is 4.33. The predicted molar refractivity (Wildman–Crippen MR) is 103 cm³/mol. The number of likely N-dealkylation sites (tertiary alicyclic amines) is 1. The van der Waals surface area contributed by atoms with Crippen molar-refractivity contribution in [2.45, 2.75) is 32.7 Å². The molecule has 0 bridgehead atoms. The number of carbonyl (C=O) groups is 3. The molecule has 0 aliphatic carbocycles. The smallest absolute Gasteiger partial charge is 0.313 e. The zero-order valence-corrected chi connectivity index (χ0v) is 15.9.